The minimum atomic E-state index is 0.160. The maximum absolute atomic E-state index is 8.75. The van der Waals surface area contributed by atoms with Crippen molar-refractivity contribution in [1.82, 2.24) is 15.0 Å². The standard InChI is InChI=1S/C9H11N5/c1-2-3-4-9-8(7-11)12-13-14(9)6-5-10/h2-4,6H2,1H3. The molecule has 0 aromatic carbocycles. The first-order valence-corrected chi connectivity index (χ1v) is 4.52. The molecule has 0 aliphatic rings. The second-order valence-corrected chi connectivity index (χ2v) is 2.92. The van der Waals surface area contributed by atoms with Gasteiger partial charge in [-0.1, -0.05) is 18.6 Å². The summed E-state index contributed by atoms with van der Waals surface area (Å²) >= 11 is 0. The minimum Gasteiger partial charge on any atom is -0.234 e. The molecule has 0 aliphatic carbocycles. The lowest BCUT2D eigenvalue weighted by Gasteiger charge is -2.00. The Kier molecular flexibility index (Phi) is 3.63. The van der Waals surface area contributed by atoms with Gasteiger partial charge in [-0.15, -0.1) is 5.10 Å². The highest BCUT2D eigenvalue weighted by atomic mass is 15.4. The van der Waals surface area contributed by atoms with Gasteiger partial charge < -0.3 is 0 Å². The quantitative estimate of drug-likeness (QED) is 0.708. The van der Waals surface area contributed by atoms with E-state index in [1.165, 1.54) is 4.68 Å². The van der Waals surface area contributed by atoms with Crippen molar-refractivity contribution < 1.29 is 0 Å². The number of aromatic nitrogens is 3. The van der Waals surface area contributed by atoms with Gasteiger partial charge >= 0.3 is 0 Å². The van der Waals surface area contributed by atoms with E-state index >= 15 is 0 Å². The van der Waals surface area contributed by atoms with Gasteiger partial charge in [-0.3, -0.25) is 0 Å². The highest BCUT2D eigenvalue weighted by Gasteiger charge is 2.10. The van der Waals surface area contributed by atoms with Crippen LogP contribution in [-0.2, 0) is 13.0 Å². The fraction of sp³-hybridized carbons (Fsp3) is 0.556. The van der Waals surface area contributed by atoms with E-state index in [0.717, 1.165) is 25.0 Å². The fourth-order valence-electron chi connectivity index (χ4n) is 1.21. The maximum Gasteiger partial charge on any atom is 0.185 e. The molecule has 0 saturated heterocycles. The molecule has 1 rings (SSSR count). The number of nitriles is 2. The smallest absolute Gasteiger partial charge is 0.185 e. The normalized spacial score (nSPS) is 9.36. The van der Waals surface area contributed by atoms with Crippen LogP contribution in [0.5, 0.6) is 0 Å². The summed E-state index contributed by atoms with van der Waals surface area (Å²) in [6.07, 6.45) is 2.78. The van der Waals surface area contributed by atoms with Crippen molar-refractivity contribution in [3.63, 3.8) is 0 Å². The van der Waals surface area contributed by atoms with Gasteiger partial charge in [0, 0.05) is 0 Å². The Bertz CT molecular complexity index is 379. The summed E-state index contributed by atoms with van der Waals surface area (Å²) in [6.45, 7) is 2.23. The molecule has 0 amide bonds. The van der Waals surface area contributed by atoms with Gasteiger partial charge in [-0.05, 0) is 12.8 Å². The third-order valence-electron chi connectivity index (χ3n) is 1.93. The third-order valence-corrected chi connectivity index (χ3v) is 1.93. The highest BCUT2D eigenvalue weighted by molar-refractivity contribution is 5.24. The van der Waals surface area contributed by atoms with Crippen molar-refractivity contribution in [2.24, 2.45) is 0 Å². The summed E-state index contributed by atoms with van der Waals surface area (Å²) in [7, 11) is 0. The van der Waals surface area contributed by atoms with Crippen LogP contribution >= 0.6 is 0 Å². The summed E-state index contributed by atoms with van der Waals surface area (Å²) in [4.78, 5) is 0. The van der Waals surface area contributed by atoms with E-state index in [0.29, 0.717) is 5.69 Å². The van der Waals surface area contributed by atoms with Crippen LogP contribution in [0.3, 0.4) is 0 Å². The zero-order chi connectivity index (χ0) is 10.4. The summed E-state index contributed by atoms with van der Waals surface area (Å²) < 4.78 is 1.49. The second-order valence-electron chi connectivity index (χ2n) is 2.92. The minimum absolute atomic E-state index is 0.160. The van der Waals surface area contributed by atoms with Gasteiger partial charge in [-0.25, -0.2) is 4.68 Å². The lowest BCUT2D eigenvalue weighted by atomic mass is 10.2. The van der Waals surface area contributed by atoms with Gasteiger partial charge in [0.25, 0.3) is 0 Å². The van der Waals surface area contributed by atoms with Gasteiger partial charge in [0.1, 0.15) is 12.6 Å². The van der Waals surface area contributed by atoms with E-state index < -0.39 is 0 Å². The van der Waals surface area contributed by atoms with Crippen LogP contribution in [0, 0.1) is 22.7 Å². The van der Waals surface area contributed by atoms with Crippen molar-refractivity contribution in [2.45, 2.75) is 32.7 Å². The topological polar surface area (TPSA) is 78.3 Å². The van der Waals surface area contributed by atoms with Crippen molar-refractivity contribution in [1.29, 1.82) is 10.5 Å². The zero-order valence-electron chi connectivity index (χ0n) is 8.06. The lowest BCUT2D eigenvalue weighted by Crippen LogP contribution is -2.04. The van der Waals surface area contributed by atoms with Crippen LogP contribution in [0.25, 0.3) is 0 Å². The SMILES string of the molecule is CCCCc1c(C#N)nnn1CC#N. The monoisotopic (exact) mass is 189 g/mol. The predicted octanol–water partition coefficient (Wildman–Crippen LogP) is 1.02. The summed E-state index contributed by atoms with van der Waals surface area (Å²) in [5.74, 6) is 0. The molecular weight excluding hydrogens is 178 g/mol. The fourth-order valence-corrected chi connectivity index (χ4v) is 1.21. The Morgan fingerprint density at radius 2 is 2.21 bits per heavy atom. The Morgan fingerprint density at radius 3 is 2.79 bits per heavy atom. The largest absolute Gasteiger partial charge is 0.234 e. The molecule has 0 spiro atoms. The van der Waals surface area contributed by atoms with Crippen molar-refractivity contribution in [3.05, 3.63) is 11.4 Å². The van der Waals surface area contributed by atoms with Crippen molar-refractivity contribution >= 4 is 0 Å². The zero-order valence-corrected chi connectivity index (χ0v) is 8.06. The highest BCUT2D eigenvalue weighted by Crippen LogP contribution is 2.08. The first-order valence-electron chi connectivity index (χ1n) is 4.52. The first kappa shape index (κ1) is 10.2. The molecule has 0 saturated carbocycles. The lowest BCUT2D eigenvalue weighted by molar-refractivity contribution is 0.620. The molecule has 0 unspecified atom stereocenters. The van der Waals surface area contributed by atoms with E-state index in [1.54, 1.807) is 0 Å². The summed E-state index contributed by atoms with van der Waals surface area (Å²) in [6, 6.07) is 3.97. The van der Waals surface area contributed by atoms with Crippen LogP contribution in [0.1, 0.15) is 31.2 Å². The number of hydrogen-bond acceptors (Lipinski definition) is 4. The average Bonchev–Trinajstić information content (AvgIpc) is 2.58. The van der Waals surface area contributed by atoms with Gasteiger partial charge in [0.2, 0.25) is 0 Å². The Labute approximate surface area is 82.6 Å². The number of nitrogens with zero attached hydrogens (tertiary/aromatic N) is 5. The Balaban J connectivity index is 2.90. The van der Waals surface area contributed by atoms with Crippen LogP contribution in [-0.4, -0.2) is 15.0 Å². The molecule has 1 aromatic rings. The van der Waals surface area contributed by atoms with E-state index in [-0.39, 0.29) is 6.54 Å². The van der Waals surface area contributed by atoms with Crippen LogP contribution < -0.4 is 0 Å². The van der Waals surface area contributed by atoms with Gasteiger partial charge in [0.15, 0.2) is 5.69 Å². The molecule has 5 nitrogen and oxygen atoms in total. The molecule has 5 heteroatoms. The summed E-state index contributed by atoms with van der Waals surface area (Å²) in [5.41, 5.74) is 1.12. The second kappa shape index (κ2) is 4.98. The Hall–Kier alpha value is -1.88. The van der Waals surface area contributed by atoms with Crippen LogP contribution in [0.15, 0.2) is 0 Å². The van der Waals surface area contributed by atoms with Crippen molar-refractivity contribution in [3.8, 4) is 12.1 Å². The van der Waals surface area contributed by atoms with Crippen LogP contribution in [0.4, 0.5) is 0 Å². The predicted molar refractivity (Wildman–Crippen MR) is 49.0 cm³/mol. The van der Waals surface area contributed by atoms with Crippen molar-refractivity contribution in [2.75, 3.05) is 0 Å². The third kappa shape index (κ3) is 2.08. The molecule has 72 valence electrons. The molecule has 1 heterocycles. The van der Waals surface area contributed by atoms with Gasteiger partial charge in [0.05, 0.1) is 11.8 Å². The maximum atomic E-state index is 8.75. The average molecular weight is 189 g/mol. The van der Waals surface area contributed by atoms with Crippen LogP contribution in [0.2, 0.25) is 0 Å². The number of hydrogen-bond donors (Lipinski definition) is 0. The van der Waals surface area contributed by atoms with Gasteiger partial charge in [-0.2, -0.15) is 10.5 Å². The van der Waals surface area contributed by atoms with E-state index in [2.05, 4.69) is 17.2 Å². The molecule has 1 aromatic heterocycles. The molecular formula is C9H11N5. The molecule has 0 fully saturated rings. The molecule has 0 radical (unpaired) electrons. The molecule has 0 bridgehead atoms. The number of rotatable bonds is 4. The molecule has 14 heavy (non-hydrogen) atoms. The van der Waals surface area contributed by atoms with E-state index in [9.17, 15) is 0 Å². The first-order chi connectivity index (χ1) is 6.83. The summed E-state index contributed by atoms with van der Waals surface area (Å²) in [5, 5.41) is 24.7. The molecule has 0 atom stereocenters. The Morgan fingerprint density at radius 1 is 1.43 bits per heavy atom. The molecule has 0 N–H and O–H groups in total. The molecule has 0 aliphatic heterocycles. The number of unbranched alkanes of at least 4 members (excludes halogenated alkanes) is 1. The van der Waals surface area contributed by atoms with E-state index in [1.807, 2.05) is 12.1 Å². The van der Waals surface area contributed by atoms with E-state index in [4.69, 9.17) is 10.5 Å².